The number of nitrogens with zero attached hydrogens (tertiary/aromatic N) is 2. The Hall–Kier alpha value is -1.99. The lowest BCUT2D eigenvalue weighted by Gasteiger charge is -2.10. The van der Waals surface area contributed by atoms with Gasteiger partial charge in [0.15, 0.2) is 0 Å². The number of aromatic nitrogens is 2. The first-order chi connectivity index (χ1) is 10.1. The van der Waals surface area contributed by atoms with Crippen molar-refractivity contribution in [3.8, 4) is 0 Å². The third-order valence-electron chi connectivity index (χ3n) is 2.87. The minimum atomic E-state index is -3.68. The Bertz CT molecular complexity index is 898. The van der Waals surface area contributed by atoms with Crippen molar-refractivity contribution in [2.24, 2.45) is 0 Å². The van der Waals surface area contributed by atoms with Gasteiger partial charge < -0.3 is 0 Å². The Kier molecular flexibility index (Phi) is 3.60. The summed E-state index contributed by atoms with van der Waals surface area (Å²) in [7, 11) is -3.68. The number of anilines is 1. The van der Waals surface area contributed by atoms with E-state index in [0.717, 1.165) is 9.86 Å². The molecule has 0 aliphatic carbocycles. The van der Waals surface area contributed by atoms with E-state index in [1.807, 2.05) is 12.1 Å². The van der Waals surface area contributed by atoms with Crippen LogP contribution in [0.5, 0.6) is 0 Å². The standard InChI is InChI=1S/C14H10BrN3O2S/c15-11-7-10-3-1-5-13(14(10)17-8-11)18-21(19,20)12-4-2-6-16-9-12/h1-9,18H. The molecule has 0 aliphatic heterocycles. The second-order valence-electron chi connectivity index (χ2n) is 4.33. The summed E-state index contributed by atoms with van der Waals surface area (Å²) >= 11 is 3.35. The molecule has 0 fully saturated rings. The van der Waals surface area contributed by atoms with Crippen LogP contribution in [0.1, 0.15) is 0 Å². The second-order valence-corrected chi connectivity index (χ2v) is 6.92. The summed E-state index contributed by atoms with van der Waals surface area (Å²) in [5.74, 6) is 0. The highest BCUT2D eigenvalue weighted by Gasteiger charge is 2.15. The highest BCUT2D eigenvalue weighted by Crippen LogP contribution is 2.25. The molecule has 3 rings (SSSR count). The van der Waals surface area contributed by atoms with Crippen molar-refractivity contribution in [3.63, 3.8) is 0 Å². The molecule has 3 aromatic rings. The number of sulfonamides is 1. The molecule has 0 radical (unpaired) electrons. The monoisotopic (exact) mass is 363 g/mol. The van der Waals surface area contributed by atoms with Gasteiger partial charge >= 0.3 is 0 Å². The first-order valence-corrected chi connectivity index (χ1v) is 8.31. The molecule has 0 amide bonds. The van der Waals surface area contributed by atoms with Crippen molar-refractivity contribution >= 4 is 42.5 Å². The molecule has 5 nitrogen and oxygen atoms in total. The summed E-state index contributed by atoms with van der Waals surface area (Å²) in [4.78, 5) is 8.20. The lowest BCUT2D eigenvalue weighted by molar-refractivity contribution is 0.601. The smallest absolute Gasteiger partial charge is 0.263 e. The molecule has 2 heterocycles. The fourth-order valence-electron chi connectivity index (χ4n) is 1.93. The second kappa shape index (κ2) is 5.42. The number of para-hydroxylation sites is 1. The van der Waals surface area contributed by atoms with E-state index in [1.54, 1.807) is 24.4 Å². The SMILES string of the molecule is O=S(=O)(Nc1cccc2cc(Br)cnc12)c1cccnc1. The van der Waals surface area contributed by atoms with Crippen LogP contribution in [0.25, 0.3) is 10.9 Å². The van der Waals surface area contributed by atoms with E-state index >= 15 is 0 Å². The van der Waals surface area contributed by atoms with Crippen molar-refractivity contribution in [3.05, 3.63) is 59.5 Å². The van der Waals surface area contributed by atoms with Crippen LogP contribution in [0.3, 0.4) is 0 Å². The predicted molar refractivity (Wildman–Crippen MR) is 84.5 cm³/mol. The first-order valence-electron chi connectivity index (χ1n) is 6.03. The minimum absolute atomic E-state index is 0.110. The van der Waals surface area contributed by atoms with Crippen LogP contribution in [0.4, 0.5) is 5.69 Å². The maximum Gasteiger partial charge on any atom is 0.263 e. The molecule has 0 saturated heterocycles. The maximum atomic E-state index is 12.3. The van der Waals surface area contributed by atoms with Gasteiger partial charge in [0, 0.05) is 28.4 Å². The van der Waals surface area contributed by atoms with E-state index in [4.69, 9.17) is 0 Å². The zero-order valence-electron chi connectivity index (χ0n) is 10.7. The van der Waals surface area contributed by atoms with Gasteiger partial charge in [-0.05, 0) is 40.2 Å². The predicted octanol–water partition coefficient (Wildman–Crippen LogP) is 3.19. The highest BCUT2D eigenvalue weighted by molar-refractivity contribution is 9.10. The topological polar surface area (TPSA) is 72.0 Å². The first kappa shape index (κ1) is 14.0. The van der Waals surface area contributed by atoms with Crippen LogP contribution in [0.15, 0.2) is 64.4 Å². The van der Waals surface area contributed by atoms with Gasteiger partial charge in [-0.2, -0.15) is 0 Å². The van der Waals surface area contributed by atoms with Gasteiger partial charge in [0.05, 0.1) is 11.2 Å². The molecule has 7 heteroatoms. The van der Waals surface area contributed by atoms with Crippen molar-refractivity contribution in [1.29, 1.82) is 0 Å². The quantitative estimate of drug-likeness (QED) is 0.775. The molecule has 2 aromatic heterocycles. The Morgan fingerprint density at radius 1 is 1.10 bits per heavy atom. The normalized spacial score (nSPS) is 11.5. The number of pyridine rings is 2. The number of halogens is 1. The van der Waals surface area contributed by atoms with Gasteiger partial charge in [-0.25, -0.2) is 8.42 Å². The Labute approximate surface area is 130 Å². The minimum Gasteiger partial charge on any atom is -0.277 e. The van der Waals surface area contributed by atoms with Crippen LogP contribution >= 0.6 is 15.9 Å². The third kappa shape index (κ3) is 2.88. The molecule has 0 spiro atoms. The maximum absolute atomic E-state index is 12.3. The molecule has 106 valence electrons. The van der Waals surface area contributed by atoms with E-state index in [2.05, 4.69) is 30.6 Å². The number of hydrogen-bond donors (Lipinski definition) is 1. The van der Waals surface area contributed by atoms with Gasteiger partial charge in [0.1, 0.15) is 4.90 Å². The van der Waals surface area contributed by atoms with Crippen molar-refractivity contribution in [1.82, 2.24) is 9.97 Å². The molecule has 0 atom stereocenters. The molecule has 1 N–H and O–H groups in total. The van der Waals surface area contributed by atoms with Gasteiger partial charge in [0.25, 0.3) is 10.0 Å². The zero-order chi connectivity index (χ0) is 14.9. The fourth-order valence-corrected chi connectivity index (χ4v) is 3.30. The molecule has 0 saturated carbocycles. The summed E-state index contributed by atoms with van der Waals surface area (Å²) in [6.45, 7) is 0. The van der Waals surface area contributed by atoms with E-state index in [0.29, 0.717) is 11.2 Å². The summed E-state index contributed by atoms with van der Waals surface area (Å²) < 4.78 is 28.0. The zero-order valence-corrected chi connectivity index (χ0v) is 13.1. The van der Waals surface area contributed by atoms with Crippen molar-refractivity contribution in [2.75, 3.05) is 4.72 Å². The Morgan fingerprint density at radius 3 is 2.71 bits per heavy atom. The highest BCUT2D eigenvalue weighted by atomic mass is 79.9. The summed E-state index contributed by atoms with van der Waals surface area (Å²) in [6, 6.07) is 10.3. The van der Waals surface area contributed by atoms with Crippen LogP contribution < -0.4 is 4.72 Å². The van der Waals surface area contributed by atoms with Crippen LogP contribution in [0.2, 0.25) is 0 Å². The Balaban J connectivity index is 2.06. The average molecular weight is 364 g/mol. The van der Waals surface area contributed by atoms with E-state index < -0.39 is 10.0 Å². The summed E-state index contributed by atoms with van der Waals surface area (Å²) in [5.41, 5.74) is 1.03. The van der Waals surface area contributed by atoms with Gasteiger partial charge in [0.2, 0.25) is 0 Å². The van der Waals surface area contributed by atoms with Crippen molar-refractivity contribution < 1.29 is 8.42 Å². The summed E-state index contributed by atoms with van der Waals surface area (Å²) in [6.07, 6.45) is 4.46. The van der Waals surface area contributed by atoms with Crippen molar-refractivity contribution in [2.45, 2.75) is 4.90 Å². The molecular formula is C14H10BrN3O2S. The molecule has 1 aromatic carbocycles. The van der Waals surface area contributed by atoms with E-state index in [-0.39, 0.29) is 4.90 Å². The molecule has 0 aliphatic rings. The van der Waals surface area contributed by atoms with E-state index in [1.165, 1.54) is 18.5 Å². The number of rotatable bonds is 3. The van der Waals surface area contributed by atoms with Gasteiger partial charge in [-0.3, -0.25) is 14.7 Å². The lowest BCUT2D eigenvalue weighted by atomic mass is 10.2. The molecular weight excluding hydrogens is 354 g/mol. The number of fused-ring (bicyclic) bond motifs is 1. The number of hydrogen-bond acceptors (Lipinski definition) is 4. The Morgan fingerprint density at radius 2 is 1.95 bits per heavy atom. The molecule has 0 unspecified atom stereocenters. The van der Waals surface area contributed by atoms with E-state index in [9.17, 15) is 8.42 Å². The van der Waals surface area contributed by atoms with Gasteiger partial charge in [-0.1, -0.05) is 12.1 Å². The van der Waals surface area contributed by atoms with Crippen LogP contribution in [0, 0.1) is 0 Å². The lowest BCUT2D eigenvalue weighted by Crippen LogP contribution is -2.13. The largest absolute Gasteiger partial charge is 0.277 e. The summed E-state index contributed by atoms with van der Waals surface area (Å²) in [5, 5.41) is 0.843. The molecule has 21 heavy (non-hydrogen) atoms. The van der Waals surface area contributed by atoms with Gasteiger partial charge in [-0.15, -0.1) is 0 Å². The number of nitrogens with one attached hydrogen (secondary N) is 1. The third-order valence-corrected chi connectivity index (χ3v) is 4.65. The van der Waals surface area contributed by atoms with Crippen LogP contribution in [-0.2, 0) is 10.0 Å². The fraction of sp³-hybridized carbons (Fsp3) is 0. The number of benzene rings is 1. The van der Waals surface area contributed by atoms with Crippen LogP contribution in [-0.4, -0.2) is 18.4 Å². The molecule has 0 bridgehead atoms. The average Bonchev–Trinajstić information content (AvgIpc) is 2.48.